The van der Waals surface area contributed by atoms with Crippen LogP contribution in [-0.4, -0.2) is 82.3 Å². The molecule has 0 atom stereocenters. The zero-order chi connectivity index (χ0) is 24.7. The molecule has 0 spiro atoms. The minimum absolute atomic E-state index is 0. The zero-order valence-electron chi connectivity index (χ0n) is 19.4. The van der Waals surface area contributed by atoms with E-state index in [-0.39, 0.29) is 81.1 Å². The zero-order valence-corrected chi connectivity index (χ0v) is 23.4. The van der Waals surface area contributed by atoms with E-state index in [0.29, 0.717) is 22.7 Å². The molecule has 35 heavy (non-hydrogen) atoms. The van der Waals surface area contributed by atoms with Gasteiger partial charge in [-0.15, -0.1) is 6.42 Å². The fourth-order valence-corrected chi connectivity index (χ4v) is 4.11. The molecule has 9 nitrogen and oxygen atoms in total. The van der Waals surface area contributed by atoms with E-state index in [2.05, 4.69) is 26.5 Å². The van der Waals surface area contributed by atoms with E-state index in [0.717, 1.165) is 6.20 Å². The van der Waals surface area contributed by atoms with Crippen molar-refractivity contribution in [1.29, 1.82) is 0 Å². The molecule has 1 amide bonds. The first-order valence-corrected chi connectivity index (χ1v) is 11.6. The Balaban J connectivity index is 0.00000432. The van der Waals surface area contributed by atoms with Gasteiger partial charge in [0.2, 0.25) is 11.9 Å². The first kappa shape index (κ1) is 28.7. The maximum Gasteiger partial charge on any atom is 0.264 e. The molecule has 0 bridgehead atoms. The number of anilines is 4. The number of hydrogen-bond acceptors (Lipinski definition) is 8. The van der Waals surface area contributed by atoms with Crippen LogP contribution in [-0.2, 0) is 14.8 Å². The summed E-state index contributed by atoms with van der Waals surface area (Å²) in [4.78, 5) is 19.5. The summed E-state index contributed by atoms with van der Waals surface area (Å²) in [5.41, 5.74) is 1.33. The number of halogens is 1. The smallest absolute Gasteiger partial charge is 0.264 e. The van der Waals surface area contributed by atoms with Gasteiger partial charge in [-0.05, 0) is 48.9 Å². The van der Waals surface area contributed by atoms with Gasteiger partial charge in [0.05, 0.1) is 11.1 Å². The van der Waals surface area contributed by atoms with Gasteiger partial charge in [0.1, 0.15) is 12.4 Å². The van der Waals surface area contributed by atoms with E-state index < -0.39 is 21.7 Å². The van der Waals surface area contributed by atoms with Crippen molar-refractivity contribution in [2.75, 3.05) is 17.2 Å². The van der Waals surface area contributed by atoms with Crippen LogP contribution < -0.4 is 20.1 Å². The van der Waals surface area contributed by atoms with Crippen molar-refractivity contribution in [3.05, 3.63) is 60.0 Å². The number of ether oxygens (including phenoxy) is 1. The van der Waals surface area contributed by atoms with Crippen molar-refractivity contribution in [2.45, 2.75) is 25.2 Å². The molecule has 0 aliphatic rings. The summed E-state index contributed by atoms with van der Waals surface area (Å²) in [6, 6.07) is 11.2. The summed E-state index contributed by atoms with van der Waals surface area (Å²) in [7, 11) is -4.06. The number of aryl methyl sites for hydroxylation is 1. The van der Waals surface area contributed by atoms with E-state index in [1.807, 2.05) is 4.72 Å². The number of terminal acetylenes is 1. The van der Waals surface area contributed by atoms with Crippen LogP contribution in [0.15, 0.2) is 53.6 Å². The van der Waals surface area contributed by atoms with Crippen molar-refractivity contribution in [1.82, 2.24) is 14.7 Å². The minimum Gasteiger partial charge on any atom is -0.481 e. The largest absolute Gasteiger partial charge is 0.481 e. The summed E-state index contributed by atoms with van der Waals surface area (Å²) >= 11 is 0. The van der Waals surface area contributed by atoms with Crippen molar-refractivity contribution in [3.8, 4) is 18.1 Å². The Bertz CT molecular complexity index is 1350. The predicted octanol–water partition coefficient (Wildman–Crippen LogP) is 3.26. The average molecular weight is 523 g/mol. The normalized spacial score (nSPS) is 10.5. The van der Waals surface area contributed by atoms with Gasteiger partial charge in [-0.2, -0.15) is 4.98 Å². The number of carbonyl (C=O) groups is 1. The van der Waals surface area contributed by atoms with E-state index in [1.165, 1.54) is 6.07 Å². The number of rotatable bonds is 9. The maximum atomic E-state index is 14.3. The Hall–Kier alpha value is -2.53. The van der Waals surface area contributed by atoms with Gasteiger partial charge in [-0.3, -0.25) is 4.79 Å². The molecule has 3 aromatic rings. The molecule has 1 radical (unpaired) electrons. The second kappa shape index (κ2) is 13.0. The van der Waals surface area contributed by atoms with Gasteiger partial charge in [0.25, 0.3) is 10.0 Å². The fraction of sp³-hybridized carbons (Fsp3) is 0.174. The number of carbonyl (C=O) groups excluding carboxylic acids is 1. The average Bonchev–Trinajstić information content (AvgIpc) is 2.81. The van der Waals surface area contributed by atoms with Gasteiger partial charge in [-0.25, -0.2) is 22.5 Å². The molecule has 1 aromatic heterocycles. The summed E-state index contributed by atoms with van der Waals surface area (Å²) in [6.07, 6.45) is 6.17. The van der Waals surface area contributed by atoms with Gasteiger partial charge in [-0.1, -0.05) is 18.9 Å². The van der Waals surface area contributed by atoms with Gasteiger partial charge < -0.3 is 15.4 Å². The number of nitrogens with one attached hydrogen (secondary N) is 3. The third-order valence-electron chi connectivity index (χ3n) is 4.49. The number of hydrogen-bond donors (Lipinski definition) is 3. The first-order valence-electron chi connectivity index (χ1n) is 10.1. The number of nitrogens with zero attached hydrogens (tertiary/aromatic N) is 2. The van der Waals surface area contributed by atoms with Crippen LogP contribution in [0.25, 0.3) is 0 Å². The molecule has 177 valence electrons. The summed E-state index contributed by atoms with van der Waals surface area (Å²) in [5, 5.41) is 5.70. The standard InChI is InChI=1S/C23H22FN5O4S.K/c1-4-12-33-18-10-8-16(9-11-18)26-22-19(24)14-25-23(28-22)27-17-7-6-15(3)20(13-17)34(31,32)29-21(30)5-2;/h1,6-11,13-14H,5,12H2,2-3H3,(H,29,30)(H2,25,26,27,28);. The molecule has 0 unspecified atom stereocenters. The first-order chi connectivity index (χ1) is 16.2. The van der Waals surface area contributed by atoms with Crippen LogP contribution in [0.2, 0.25) is 0 Å². The van der Waals surface area contributed by atoms with E-state index >= 15 is 0 Å². The second-order valence-corrected chi connectivity index (χ2v) is 8.67. The van der Waals surface area contributed by atoms with E-state index in [4.69, 9.17) is 11.2 Å². The molecule has 0 fully saturated rings. The molecular weight excluding hydrogens is 500 g/mol. The van der Waals surface area contributed by atoms with Crippen LogP contribution in [0.3, 0.4) is 0 Å². The number of sulfonamides is 1. The molecule has 0 aliphatic carbocycles. The van der Waals surface area contributed by atoms with Gasteiger partial charge >= 0.3 is 0 Å². The second-order valence-electron chi connectivity index (χ2n) is 7.02. The van der Waals surface area contributed by atoms with Crippen molar-refractivity contribution in [3.63, 3.8) is 0 Å². The van der Waals surface area contributed by atoms with Crippen molar-refractivity contribution in [2.24, 2.45) is 0 Å². The van der Waals surface area contributed by atoms with Gasteiger partial charge in [0.15, 0.2) is 11.6 Å². The summed E-state index contributed by atoms with van der Waals surface area (Å²) < 4.78 is 46.7. The molecule has 0 aliphatic heterocycles. The molecule has 0 saturated heterocycles. The predicted molar refractivity (Wildman–Crippen MR) is 132 cm³/mol. The molecule has 0 saturated carbocycles. The molecule has 1 heterocycles. The third-order valence-corrected chi connectivity index (χ3v) is 6.00. The summed E-state index contributed by atoms with van der Waals surface area (Å²) in [5.74, 6) is 1.56. The molecule has 12 heteroatoms. The third kappa shape index (κ3) is 7.99. The van der Waals surface area contributed by atoms with Crippen LogP contribution >= 0.6 is 0 Å². The maximum absolute atomic E-state index is 14.3. The van der Waals surface area contributed by atoms with Crippen LogP contribution in [0.1, 0.15) is 18.9 Å². The van der Waals surface area contributed by atoms with Crippen molar-refractivity contribution >= 4 is 90.5 Å². The fourth-order valence-electron chi connectivity index (χ4n) is 2.78. The molecule has 3 N–H and O–H groups in total. The van der Waals surface area contributed by atoms with Crippen LogP contribution in [0.4, 0.5) is 27.5 Å². The number of benzene rings is 2. The van der Waals surface area contributed by atoms with Crippen molar-refractivity contribution < 1.29 is 22.3 Å². The molecule has 3 rings (SSSR count). The topological polar surface area (TPSA) is 122 Å². The monoisotopic (exact) mass is 522 g/mol. The Morgan fingerprint density at radius 1 is 1.14 bits per heavy atom. The minimum atomic E-state index is -4.06. The Kier molecular flexibility index (Phi) is 10.6. The Labute approximate surface area is 245 Å². The molecule has 2 aromatic carbocycles. The quantitative estimate of drug-likeness (QED) is 0.289. The van der Waals surface area contributed by atoms with Crippen LogP contribution in [0.5, 0.6) is 5.75 Å². The van der Waals surface area contributed by atoms with E-state index in [9.17, 15) is 17.6 Å². The number of amides is 1. The van der Waals surface area contributed by atoms with Gasteiger partial charge in [0, 0.05) is 69.2 Å². The SMILES string of the molecule is C#CCOc1ccc(Nc2nc(Nc3ccc(C)c(S(=O)(=O)NC(=O)CC)c3)ncc2F)cc1.[K]. The Morgan fingerprint density at radius 3 is 2.49 bits per heavy atom. The summed E-state index contributed by atoms with van der Waals surface area (Å²) in [6.45, 7) is 3.29. The molecular formula is C23H22FKN5O4S. The van der Waals surface area contributed by atoms with E-state index in [1.54, 1.807) is 50.2 Å². The number of aromatic nitrogens is 2. The Morgan fingerprint density at radius 2 is 1.83 bits per heavy atom. The van der Waals surface area contributed by atoms with Crippen LogP contribution in [0, 0.1) is 25.1 Å².